The fraction of sp³-hybridized carbons (Fsp3) is 0.526. The van der Waals surface area contributed by atoms with E-state index in [1.807, 2.05) is 0 Å². The molecule has 0 rings (SSSR count). The Morgan fingerprint density at radius 2 is 1.75 bits per heavy atom. The summed E-state index contributed by atoms with van der Waals surface area (Å²) >= 11 is 0. The molecule has 0 aromatic carbocycles. The summed E-state index contributed by atoms with van der Waals surface area (Å²) < 4.78 is 9.43. The van der Waals surface area contributed by atoms with Crippen molar-refractivity contribution >= 4 is 17.7 Å². The van der Waals surface area contributed by atoms with E-state index < -0.39 is 17.4 Å². The second-order valence-electron chi connectivity index (χ2n) is 5.31. The van der Waals surface area contributed by atoms with Crippen molar-refractivity contribution in [3.05, 3.63) is 24.8 Å². The van der Waals surface area contributed by atoms with Crippen LogP contribution in [0.25, 0.3) is 0 Å². The molecule has 0 aliphatic carbocycles. The summed E-state index contributed by atoms with van der Waals surface area (Å²) in [6.07, 6.45) is 7.71. The van der Waals surface area contributed by atoms with Crippen LogP contribution in [0.1, 0.15) is 45.4 Å². The lowest BCUT2D eigenvalue weighted by Gasteiger charge is -2.24. The number of hydrogen-bond acceptors (Lipinski definition) is 5. The molecule has 0 radical (unpaired) electrons. The number of allylic oxidation sites excluding steroid dienone is 3. The molecule has 0 saturated carbocycles. The van der Waals surface area contributed by atoms with Gasteiger partial charge in [-0.3, -0.25) is 14.4 Å². The summed E-state index contributed by atoms with van der Waals surface area (Å²) in [6, 6.07) is 0. The molecule has 0 aromatic rings. The topological polar surface area (TPSA) is 69.7 Å². The Hall–Kier alpha value is -2.35. The number of esters is 2. The van der Waals surface area contributed by atoms with Crippen LogP contribution in [-0.4, -0.2) is 31.9 Å². The van der Waals surface area contributed by atoms with E-state index in [0.717, 1.165) is 19.3 Å². The van der Waals surface area contributed by atoms with Gasteiger partial charge in [0, 0.05) is 12.8 Å². The first kappa shape index (κ1) is 21.6. The predicted octanol–water partition coefficient (Wildman–Crippen LogP) is 2.99. The van der Waals surface area contributed by atoms with Gasteiger partial charge in [0.2, 0.25) is 0 Å². The zero-order chi connectivity index (χ0) is 18.4. The average molecular weight is 334 g/mol. The monoisotopic (exact) mass is 334 g/mol. The molecule has 5 nitrogen and oxygen atoms in total. The quantitative estimate of drug-likeness (QED) is 0.153. The SMILES string of the molecule is C=CCC(CC#C/C=C/C(=O)CCCCC)(C(=O)OC)C(=O)OC. The number of rotatable bonds is 10. The number of methoxy groups -OCH3 is 2. The van der Waals surface area contributed by atoms with Gasteiger partial charge in [-0.1, -0.05) is 37.7 Å². The Morgan fingerprint density at radius 1 is 1.12 bits per heavy atom. The van der Waals surface area contributed by atoms with Crippen LogP contribution in [0.3, 0.4) is 0 Å². The van der Waals surface area contributed by atoms with Gasteiger partial charge >= 0.3 is 11.9 Å². The van der Waals surface area contributed by atoms with Gasteiger partial charge in [0.1, 0.15) is 0 Å². The van der Waals surface area contributed by atoms with Crippen LogP contribution in [0, 0.1) is 17.3 Å². The molecule has 0 atom stereocenters. The maximum Gasteiger partial charge on any atom is 0.324 e. The maximum absolute atomic E-state index is 12.0. The molecule has 0 amide bonds. The second kappa shape index (κ2) is 12.1. The molecular formula is C19H26O5. The van der Waals surface area contributed by atoms with E-state index in [-0.39, 0.29) is 18.6 Å². The van der Waals surface area contributed by atoms with Gasteiger partial charge in [-0.2, -0.15) is 0 Å². The minimum Gasteiger partial charge on any atom is -0.468 e. The molecular weight excluding hydrogens is 308 g/mol. The third kappa shape index (κ3) is 6.82. The largest absolute Gasteiger partial charge is 0.468 e. The van der Waals surface area contributed by atoms with E-state index in [1.165, 1.54) is 32.4 Å². The van der Waals surface area contributed by atoms with Gasteiger partial charge in [-0.15, -0.1) is 6.58 Å². The van der Waals surface area contributed by atoms with E-state index in [9.17, 15) is 14.4 Å². The van der Waals surface area contributed by atoms with Crippen molar-refractivity contribution in [2.75, 3.05) is 14.2 Å². The molecule has 0 fully saturated rings. The van der Waals surface area contributed by atoms with Gasteiger partial charge in [0.25, 0.3) is 0 Å². The van der Waals surface area contributed by atoms with Crippen LogP contribution >= 0.6 is 0 Å². The van der Waals surface area contributed by atoms with E-state index in [1.54, 1.807) is 0 Å². The molecule has 0 unspecified atom stereocenters. The van der Waals surface area contributed by atoms with E-state index in [2.05, 4.69) is 25.3 Å². The molecule has 132 valence electrons. The molecule has 5 heteroatoms. The van der Waals surface area contributed by atoms with Crippen molar-refractivity contribution in [2.24, 2.45) is 5.41 Å². The molecule has 0 bridgehead atoms. The molecule has 0 aliphatic heterocycles. The summed E-state index contributed by atoms with van der Waals surface area (Å²) in [7, 11) is 2.40. The van der Waals surface area contributed by atoms with Crippen LogP contribution in [-0.2, 0) is 23.9 Å². The van der Waals surface area contributed by atoms with Crippen molar-refractivity contribution in [1.29, 1.82) is 0 Å². The van der Waals surface area contributed by atoms with Crippen molar-refractivity contribution in [1.82, 2.24) is 0 Å². The van der Waals surface area contributed by atoms with Crippen molar-refractivity contribution in [2.45, 2.75) is 45.4 Å². The Bertz CT molecular complexity index is 518. The van der Waals surface area contributed by atoms with E-state index >= 15 is 0 Å². The fourth-order valence-corrected chi connectivity index (χ4v) is 2.13. The maximum atomic E-state index is 12.0. The lowest BCUT2D eigenvalue weighted by atomic mass is 9.81. The van der Waals surface area contributed by atoms with Crippen LogP contribution in [0.4, 0.5) is 0 Å². The van der Waals surface area contributed by atoms with Crippen LogP contribution in [0.15, 0.2) is 24.8 Å². The first-order valence-corrected chi connectivity index (χ1v) is 7.94. The van der Waals surface area contributed by atoms with Crippen LogP contribution < -0.4 is 0 Å². The Labute approximate surface area is 144 Å². The lowest BCUT2D eigenvalue weighted by molar-refractivity contribution is -0.168. The first-order valence-electron chi connectivity index (χ1n) is 7.94. The highest BCUT2D eigenvalue weighted by molar-refractivity contribution is 6.00. The minimum atomic E-state index is -1.53. The van der Waals surface area contributed by atoms with Crippen molar-refractivity contribution < 1.29 is 23.9 Å². The zero-order valence-electron chi connectivity index (χ0n) is 14.7. The highest BCUT2D eigenvalue weighted by atomic mass is 16.5. The third-order valence-corrected chi connectivity index (χ3v) is 3.52. The predicted molar refractivity (Wildman–Crippen MR) is 92.0 cm³/mol. The van der Waals surface area contributed by atoms with E-state index in [4.69, 9.17) is 9.47 Å². The number of ether oxygens (including phenoxy) is 2. The van der Waals surface area contributed by atoms with Gasteiger partial charge < -0.3 is 9.47 Å². The van der Waals surface area contributed by atoms with Gasteiger partial charge in [-0.05, 0) is 25.0 Å². The second-order valence-corrected chi connectivity index (χ2v) is 5.31. The lowest BCUT2D eigenvalue weighted by Crippen LogP contribution is -2.40. The smallest absolute Gasteiger partial charge is 0.324 e. The summed E-state index contributed by atoms with van der Waals surface area (Å²) in [6.45, 7) is 5.63. The summed E-state index contributed by atoms with van der Waals surface area (Å²) in [5.41, 5.74) is -1.53. The third-order valence-electron chi connectivity index (χ3n) is 3.52. The number of carbonyl (C=O) groups is 3. The zero-order valence-corrected chi connectivity index (χ0v) is 14.7. The van der Waals surface area contributed by atoms with Crippen molar-refractivity contribution in [3.63, 3.8) is 0 Å². The molecule has 0 heterocycles. The molecule has 24 heavy (non-hydrogen) atoms. The molecule has 0 N–H and O–H groups in total. The summed E-state index contributed by atoms with van der Waals surface area (Å²) in [4.78, 5) is 35.6. The minimum absolute atomic E-state index is 0.0102. The summed E-state index contributed by atoms with van der Waals surface area (Å²) in [5, 5.41) is 0. The molecule has 0 aromatic heterocycles. The van der Waals surface area contributed by atoms with Crippen molar-refractivity contribution in [3.8, 4) is 11.8 Å². The normalized spacial score (nSPS) is 10.6. The Morgan fingerprint density at radius 3 is 2.25 bits per heavy atom. The van der Waals surface area contributed by atoms with Gasteiger partial charge in [-0.25, -0.2) is 0 Å². The summed E-state index contributed by atoms with van der Waals surface area (Å²) in [5.74, 6) is 3.97. The molecule has 0 saturated heterocycles. The Balaban J connectivity index is 4.96. The first-order chi connectivity index (χ1) is 11.5. The standard InChI is InChI=1S/C19H26O5/c1-5-7-9-12-16(20)13-10-8-11-15-19(14-6-2,17(21)23-3)18(22)24-4/h6,10,13H,2,5,7,9,12,14-15H2,1,3-4H3/b13-10+. The number of ketones is 1. The molecule has 0 spiro atoms. The number of hydrogen-bond donors (Lipinski definition) is 0. The fourth-order valence-electron chi connectivity index (χ4n) is 2.13. The number of unbranched alkanes of at least 4 members (excludes halogenated alkanes) is 2. The average Bonchev–Trinajstić information content (AvgIpc) is 2.59. The highest BCUT2D eigenvalue weighted by Gasteiger charge is 2.46. The molecule has 0 aliphatic rings. The van der Waals surface area contributed by atoms with Gasteiger partial charge in [0.05, 0.1) is 14.2 Å². The number of carbonyl (C=O) groups excluding carboxylic acids is 3. The van der Waals surface area contributed by atoms with Gasteiger partial charge in [0.15, 0.2) is 11.2 Å². The van der Waals surface area contributed by atoms with Crippen LogP contribution in [0.2, 0.25) is 0 Å². The van der Waals surface area contributed by atoms with Crippen LogP contribution in [0.5, 0.6) is 0 Å². The van der Waals surface area contributed by atoms with E-state index in [0.29, 0.717) is 6.42 Å². The highest BCUT2D eigenvalue weighted by Crippen LogP contribution is 2.30. The Kier molecular flexibility index (Phi) is 10.9.